The summed E-state index contributed by atoms with van der Waals surface area (Å²) in [6.07, 6.45) is 5.74. The molecule has 0 unspecified atom stereocenters. The van der Waals surface area contributed by atoms with Crippen molar-refractivity contribution in [2.75, 3.05) is 6.79 Å². The maximum Gasteiger partial charge on any atom is 0.311 e. The molecule has 2 bridgehead atoms. The third kappa shape index (κ3) is 2.13. The molecule has 0 spiro atoms. The first-order chi connectivity index (χ1) is 9.78. The Balaban J connectivity index is 1.38. The third-order valence-electron chi connectivity index (χ3n) is 4.89. The molecule has 1 aromatic carbocycles. The van der Waals surface area contributed by atoms with Crippen molar-refractivity contribution in [2.24, 2.45) is 17.8 Å². The molecule has 0 N–H and O–H groups in total. The van der Waals surface area contributed by atoms with Crippen LogP contribution < -0.4 is 14.2 Å². The van der Waals surface area contributed by atoms with E-state index in [1.807, 2.05) is 0 Å². The highest BCUT2D eigenvalue weighted by Crippen LogP contribution is 2.49. The van der Waals surface area contributed by atoms with Crippen molar-refractivity contribution in [3.8, 4) is 17.2 Å². The Morgan fingerprint density at radius 2 is 2.10 bits per heavy atom. The third-order valence-corrected chi connectivity index (χ3v) is 4.89. The molecule has 3 aliphatic rings. The fourth-order valence-electron chi connectivity index (χ4n) is 3.95. The fourth-order valence-corrected chi connectivity index (χ4v) is 3.95. The van der Waals surface area contributed by atoms with Crippen LogP contribution in [-0.4, -0.2) is 12.8 Å². The second-order valence-corrected chi connectivity index (χ2v) is 6.13. The smallest absolute Gasteiger partial charge is 0.311 e. The maximum atomic E-state index is 12.1. The number of hydrogen-bond donors (Lipinski definition) is 0. The van der Waals surface area contributed by atoms with E-state index in [0.717, 1.165) is 11.8 Å². The van der Waals surface area contributed by atoms with Crippen molar-refractivity contribution in [1.82, 2.24) is 0 Å². The van der Waals surface area contributed by atoms with Gasteiger partial charge < -0.3 is 14.2 Å². The van der Waals surface area contributed by atoms with Gasteiger partial charge in [-0.25, -0.2) is 0 Å². The zero-order valence-electron chi connectivity index (χ0n) is 11.3. The van der Waals surface area contributed by atoms with Gasteiger partial charge in [0.25, 0.3) is 0 Å². The summed E-state index contributed by atoms with van der Waals surface area (Å²) in [5.41, 5.74) is 0. The van der Waals surface area contributed by atoms with Gasteiger partial charge in [0.2, 0.25) is 6.79 Å². The van der Waals surface area contributed by atoms with Gasteiger partial charge in [-0.3, -0.25) is 4.79 Å². The maximum absolute atomic E-state index is 12.1. The minimum atomic E-state index is -0.124. The molecule has 1 aliphatic heterocycles. The Kier molecular flexibility index (Phi) is 2.83. The van der Waals surface area contributed by atoms with Crippen LogP contribution in [0.25, 0.3) is 0 Å². The zero-order valence-corrected chi connectivity index (χ0v) is 11.3. The van der Waals surface area contributed by atoms with Crippen molar-refractivity contribution in [1.29, 1.82) is 0 Å². The molecule has 1 aromatic rings. The molecule has 2 fully saturated rings. The van der Waals surface area contributed by atoms with Gasteiger partial charge in [-0.05, 0) is 49.1 Å². The number of ether oxygens (including phenoxy) is 3. The average molecular weight is 274 g/mol. The highest BCUT2D eigenvalue weighted by molar-refractivity contribution is 5.73. The predicted molar refractivity (Wildman–Crippen MR) is 71.8 cm³/mol. The van der Waals surface area contributed by atoms with Gasteiger partial charge in [0.1, 0.15) is 5.75 Å². The van der Waals surface area contributed by atoms with Crippen LogP contribution in [0, 0.1) is 17.8 Å². The van der Waals surface area contributed by atoms with Crippen LogP contribution in [-0.2, 0) is 4.79 Å². The van der Waals surface area contributed by atoms with Gasteiger partial charge >= 0.3 is 5.97 Å². The summed E-state index contributed by atoms with van der Waals surface area (Å²) in [4.78, 5) is 12.1. The van der Waals surface area contributed by atoms with Gasteiger partial charge in [-0.15, -0.1) is 0 Å². The lowest BCUT2D eigenvalue weighted by molar-refractivity contribution is -0.135. The first-order valence-electron chi connectivity index (χ1n) is 7.38. The zero-order chi connectivity index (χ0) is 13.5. The summed E-state index contributed by atoms with van der Waals surface area (Å²) in [5.74, 6) is 3.93. The number of carbonyl (C=O) groups excluding carboxylic acids is 1. The largest absolute Gasteiger partial charge is 0.454 e. The molecule has 2 aliphatic carbocycles. The lowest BCUT2D eigenvalue weighted by Gasteiger charge is -2.20. The first kappa shape index (κ1) is 12.1. The minimum Gasteiger partial charge on any atom is -0.454 e. The molecular weight excluding hydrogens is 256 g/mol. The van der Waals surface area contributed by atoms with Gasteiger partial charge in [0, 0.05) is 12.5 Å². The van der Waals surface area contributed by atoms with E-state index in [4.69, 9.17) is 14.2 Å². The Morgan fingerprint density at radius 1 is 1.20 bits per heavy atom. The Bertz CT molecular complexity index is 539. The van der Waals surface area contributed by atoms with E-state index in [0.29, 0.717) is 29.6 Å². The lowest BCUT2D eigenvalue weighted by Crippen LogP contribution is -2.18. The highest BCUT2D eigenvalue weighted by atomic mass is 16.7. The summed E-state index contributed by atoms with van der Waals surface area (Å²) in [6.45, 7) is 0.234. The molecule has 20 heavy (non-hydrogen) atoms. The van der Waals surface area contributed by atoms with Crippen molar-refractivity contribution >= 4 is 5.97 Å². The number of benzene rings is 1. The molecule has 4 nitrogen and oxygen atoms in total. The van der Waals surface area contributed by atoms with Crippen molar-refractivity contribution in [3.05, 3.63) is 18.2 Å². The fraction of sp³-hybridized carbons (Fsp3) is 0.562. The second kappa shape index (κ2) is 4.69. The monoisotopic (exact) mass is 274 g/mol. The van der Waals surface area contributed by atoms with E-state index >= 15 is 0 Å². The molecule has 2 saturated carbocycles. The van der Waals surface area contributed by atoms with E-state index in [1.54, 1.807) is 18.2 Å². The topological polar surface area (TPSA) is 44.8 Å². The quantitative estimate of drug-likeness (QED) is 0.627. The summed E-state index contributed by atoms with van der Waals surface area (Å²) < 4.78 is 16.0. The van der Waals surface area contributed by atoms with Gasteiger partial charge in [-0.2, -0.15) is 0 Å². The summed E-state index contributed by atoms with van der Waals surface area (Å²) in [5, 5.41) is 0. The van der Waals surface area contributed by atoms with E-state index in [-0.39, 0.29) is 12.8 Å². The van der Waals surface area contributed by atoms with Gasteiger partial charge in [0.05, 0.1) is 0 Å². The molecule has 106 valence electrons. The van der Waals surface area contributed by atoms with E-state index in [9.17, 15) is 4.79 Å². The van der Waals surface area contributed by atoms with Gasteiger partial charge in [0.15, 0.2) is 11.5 Å². The van der Waals surface area contributed by atoms with Crippen LogP contribution in [0.1, 0.15) is 32.1 Å². The van der Waals surface area contributed by atoms with E-state index in [1.165, 1.54) is 25.7 Å². The number of fused-ring (bicyclic) bond motifs is 3. The SMILES string of the molecule is O=C(C[C@H]1C[C@@H]2CC[C@@H]1C2)Oc1ccc2c(c1)OCO2. The number of carbonyl (C=O) groups is 1. The van der Waals surface area contributed by atoms with Crippen LogP contribution in [0.4, 0.5) is 0 Å². The van der Waals surface area contributed by atoms with Crippen molar-refractivity contribution in [2.45, 2.75) is 32.1 Å². The Morgan fingerprint density at radius 3 is 2.90 bits per heavy atom. The van der Waals surface area contributed by atoms with Crippen LogP contribution >= 0.6 is 0 Å². The Hall–Kier alpha value is -1.71. The van der Waals surface area contributed by atoms with Gasteiger partial charge in [-0.1, -0.05) is 6.42 Å². The van der Waals surface area contributed by atoms with Crippen molar-refractivity contribution in [3.63, 3.8) is 0 Å². The molecule has 4 rings (SSSR count). The van der Waals surface area contributed by atoms with E-state index < -0.39 is 0 Å². The van der Waals surface area contributed by atoms with Crippen LogP contribution in [0.2, 0.25) is 0 Å². The molecular formula is C16H18O4. The molecule has 0 radical (unpaired) electrons. The standard InChI is InChI=1S/C16H18O4/c17-16(7-12-6-10-1-2-11(12)5-10)20-13-3-4-14-15(8-13)19-9-18-14/h3-4,8,10-12H,1-2,5-7,9H2/t10-,11-,12-/m1/s1. The van der Waals surface area contributed by atoms with E-state index in [2.05, 4.69) is 0 Å². The summed E-state index contributed by atoms with van der Waals surface area (Å²) in [6, 6.07) is 5.26. The number of rotatable bonds is 3. The van der Waals surface area contributed by atoms with Crippen LogP contribution in [0.15, 0.2) is 18.2 Å². The second-order valence-electron chi connectivity index (χ2n) is 6.13. The summed E-state index contributed by atoms with van der Waals surface area (Å²) >= 11 is 0. The highest BCUT2D eigenvalue weighted by Gasteiger charge is 2.40. The van der Waals surface area contributed by atoms with Crippen LogP contribution in [0.3, 0.4) is 0 Å². The Labute approximate surface area is 118 Å². The normalized spacial score (nSPS) is 29.7. The number of hydrogen-bond acceptors (Lipinski definition) is 4. The number of esters is 1. The lowest BCUT2D eigenvalue weighted by atomic mass is 9.86. The molecule has 1 heterocycles. The first-order valence-corrected chi connectivity index (χ1v) is 7.38. The average Bonchev–Trinajstić information content (AvgIpc) is 3.13. The molecule has 0 saturated heterocycles. The minimum absolute atomic E-state index is 0.124. The van der Waals surface area contributed by atoms with Crippen LogP contribution in [0.5, 0.6) is 17.2 Å². The molecule has 4 heteroatoms. The predicted octanol–water partition coefficient (Wildman–Crippen LogP) is 3.15. The summed E-state index contributed by atoms with van der Waals surface area (Å²) in [7, 11) is 0. The molecule has 3 atom stereocenters. The molecule has 0 amide bonds. The molecule has 0 aromatic heterocycles. The van der Waals surface area contributed by atoms with Crippen molar-refractivity contribution < 1.29 is 19.0 Å².